The normalized spacial score (nSPS) is 23.0. The zero-order valence-corrected chi connectivity index (χ0v) is 12.2. The number of allylic oxidation sites excluding steroid dienone is 3. The highest BCUT2D eigenvalue weighted by molar-refractivity contribution is 5.94. The van der Waals surface area contributed by atoms with Crippen LogP contribution in [0.2, 0.25) is 0 Å². The van der Waals surface area contributed by atoms with Crippen LogP contribution in [-0.2, 0) is 0 Å². The van der Waals surface area contributed by atoms with E-state index in [1.165, 1.54) is 5.57 Å². The van der Waals surface area contributed by atoms with Crippen LogP contribution in [-0.4, -0.2) is 48.9 Å². The molecule has 0 radical (unpaired) electrons. The standard InChI is InChI=1S/C15H24N4/c1-4-13(2)5-6-14-17-15(7-10-18(14)3)19-11-8-16-9-12-19/h5-7,10,16H,4,8-9,11-12H2,1-3H3/b13-5?,14-6-. The first-order valence-electron chi connectivity index (χ1n) is 7.03. The van der Waals surface area contributed by atoms with Gasteiger partial charge in [-0.2, -0.15) is 0 Å². The highest BCUT2D eigenvalue weighted by Gasteiger charge is 2.16. The molecule has 0 bridgehead atoms. The fourth-order valence-electron chi connectivity index (χ4n) is 2.05. The van der Waals surface area contributed by atoms with Crippen molar-refractivity contribution in [2.45, 2.75) is 20.3 Å². The summed E-state index contributed by atoms with van der Waals surface area (Å²) < 4.78 is 0. The lowest BCUT2D eigenvalue weighted by atomic mass is 10.2. The van der Waals surface area contributed by atoms with E-state index in [9.17, 15) is 0 Å². The molecule has 0 saturated carbocycles. The zero-order valence-electron chi connectivity index (χ0n) is 12.2. The van der Waals surface area contributed by atoms with Crippen molar-refractivity contribution in [1.29, 1.82) is 0 Å². The second kappa shape index (κ2) is 6.57. The lowest BCUT2D eigenvalue weighted by Gasteiger charge is -2.31. The van der Waals surface area contributed by atoms with Crippen molar-refractivity contribution in [3.05, 3.63) is 35.8 Å². The van der Waals surface area contributed by atoms with E-state index < -0.39 is 0 Å². The summed E-state index contributed by atoms with van der Waals surface area (Å²) in [7, 11) is 2.04. The summed E-state index contributed by atoms with van der Waals surface area (Å²) in [5, 5.41) is 3.37. The fraction of sp³-hybridized carbons (Fsp3) is 0.533. The molecule has 0 atom stereocenters. The van der Waals surface area contributed by atoms with E-state index >= 15 is 0 Å². The van der Waals surface area contributed by atoms with Crippen LogP contribution >= 0.6 is 0 Å². The van der Waals surface area contributed by atoms with Crippen molar-refractivity contribution in [3.63, 3.8) is 0 Å². The van der Waals surface area contributed by atoms with E-state index in [0.717, 1.165) is 44.3 Å². The Kier molecular flexibility index (Phi) is 4.80. The molecule has 4 nitrogen and oxygen atoms in total. The summed E-state index contributed by atoms with van der Waals surface area (Å²) >= 11 is 0. The maximum atomic E-state index is 4.76. The molecule has 0 aromatic rings. The lowest BCUT2D eigenvalue weighted by Crippen LogP contribution is -2.46. The number of rotatable bonds is 2. The first-order valence-corrected chi connectivity index (χ1v) is 7.03. The van der Waals surface area contributed by atoms with Crippen molar-refractivity contribution in [1.82, 2.24) is 15.1 Å². The first kappa shape index (κ1) is 13.9. The molecular weight excluding hydrogens is 236 g/mol. The lowest BCUT2D eigenvalue weighted by molar-refractivity contribution is 0.355. The molecule has 2 heterocycles. The first-order chi connectivity index (χ1) is 9.20. The van der Waals surface area contributed by atoms with E-state index in [-0.39, 0.29) is 0 Å². The SMILES string of the molecule is CCC(C)=C/C=C1/N=C(N2CCNCC2)C=CN1C. The zero-order chi connectivity index (χ0) is 13.7. The third-order valence-corrected chi connectivity index (χ3v) is 3.55. The molecule has 0 aromatic carbocycles. The molecule has 1 N–H and O–H groups in total. The number of nitrogens with zero attached hydrogens (tertiary/aromatic N) is 3. The molecule has 2 aliphatic rings. The molecule has 0 aromatic heterocycles. The monoisotopic (exact) mass is 260 g/mol. The molecule has 0 aliphatic carbocycles. The Hall–Kier alpha value is -1.55. The number of aliphatic imine (C=N–C) groups is 1. The van der Waals surface area contributed by atoms with E-state index in [4.69, 9.17) is 4.99 Å². The van der Waals surface area contributed by atoms with Gasteiger partial charge in [-0.05, 0) is 25.5 Å². The van der Waals surface area contributed by atoms with Gasteiger partial charge in [0.25, 0.3) is 0 Å². The van der Waals surface area contributed by atoms with Gasteiger partial charge in [0.2, 0.25) is 0 Å². The molecule has 19 heavy (non-hydrogen) atoms. The van der Waals surface area contributed by atoms with Gasteiger partial charge in [0.15, 0.2) is 0 Å². The van der Waals surface area contributed by atoms with Crippen LogP contribution in [0.25, 0.3) is 0 Å². The molecule has 4 heteroatoms. The third kappa shape index (κ3) is 3.70. The summed E-state index contributed by atoms with van der Waals surface area (Å²) in [4.78, 5) is 9.16. The number of hydrogen-bond donors (Lipinski definition) is 1. The van der Waals surface area contributed by atoms with Gasteiger partial charge in [-0.1, -0.05) is 18.6 Å². The number of amidine groups is 1. The van der Waals surface area contributed by atoms with Gasteiger partial charge >= 0.3 is 0 Å². The second-order valence-corrected chi connectivity index (χ2v) is 5.03. The predicted octanol–water partition coefficient (Wildman–Crippen LogP) is 1.95. The van der Waals surface area contributed by atoms with Gasteiger partial charge in [-0.15, -0.1) is 0 Å². The van der Waals surface area contributed by atoms with E-state index in [1.807, 2.05) is 7.05 Å². The van der Waals surface area contributed by atoms with Crippen molar-refractivity contribution in [2.24, 2.45) is 4.99 Å². The molecule has 1 fully saturated rings. The Labute approximate surface area is 116 Å². The predicted molar refractivity (Wildman–Crippen MR) is 80.9 cm³/mol. The van der Waals surface area contributed by atoms with Crippen molar-refractivity contribution < 1.29 is 0 Å². The highest BCUT2D eigenvalue weighted by atomic mass is 15.3. The number of piperazine rings is 1. The second-order valence-electron chi connectivity index (χ2n) is 5.03. The molecule has 0 amide bonds. The summed E-state index contributed by atoms with van der Waals surface area (Å²) in [6.45, 7) is 8.46. The van der Waals surface area contributed by atoms with Gasteiger partial charge in [0.1, 0.15) is 11.7 Å². The fourth-order valence-corrected chi connectivity index (χ4v) is 2.05. The number of nitrogens with one attached hydrogen (secondary N) is 1. The van der Waals surface area contributed by atoms with Crippen LogP contribution in [0.15, 0.2) is 40.8 Å². The van der Waals surface area contributed by atoms with Gasteiger partial charge in [0, 0.05) is 39.4 Å². The van der Waals surface area contributed by atoms with Crippen LogP contribution in [0.4, 0.5) is 0 Å². The van der Waals surface area contributed by atoms with Gasteiger partial charge < -0.3 is 15.1 Å². The van der Waals surface area contributed by atoms with Gasteiger partial charge in [0.05, 0.1) is 0 Å². The van der Waals surface area contributed by atoms with Crippen LogP contribution in [0.5, 0.6) is 0 Å². The Balaban J connectivity index is 2.14. The minimum Gasteiger partial charge on any atom is -0.354 e. The van der Waals surface area contributed by atoms with Crippen molar-refractivity contribution in [3.8, 4) is 0 Å². The Bertz CT molecular complexity index is 425. The molecule has 2 rings (SSSR count). The van der Waals surface area contributed by atoms with Crippen LogP contribution < -0.4 is 5.32 Å². The largest absolute Gasteiger partial charge is 0.354 e. The topological polar surface area (TPSA) is 30.9 Å². The molecular formula is C15H24N4. The Morgan fingerprint density at radius 1 is 1.42 bits per heavy atom. The minimum absolute atomic E-state index is 1.00. The quantitative estimate of drug-likeness (QED) is 0.823. The number of hydrogen-bond acceptors (Lipinski definition) is 4. The van der Waals surface area contributed by atoms with Gasteiger partial charge in [-0.25, -0.2) is 4.99 Å². The molecule has 104 valence electrons. The van der Waals surface area contributed by atoms with Crippen LogP contribution in [0, 0.1) is 0 Å². The average molecular weight is 260 g/mol. The molecule has 1 saturated heterocycles. The molecule has 0 spiro atoms. The molecule has 0 unspecified atom stereocenters. The smallest absolute Gasteiger partial charge is 0.134 e. The Morgan fingerprint density at radius 3 is 2.84 bits per heavy atom. The minimum atomic E-state index is 1.00. The van der Waals surface area contributed by atoms with E-state index in [0.29, 0.717) is 0 Å². The third-order valence-electron chi connectivity index (χ3n) is 3.55. The van der Waals surface area contributed by atoms with Gasteiger partial charge in [-0.3, -0.25) is 0 Å². The van der Waals surface area contributed by atoms with Crippen molar-refractivity contribution >= 4 is 5.84 Å². The Morgan fingerprint density at radius 2 is 2.16 bits per heavy atom. The van der Waals surface area contributed by atoms with Crippen LogP contribution in [0.3, 0.4) is 0 Å². The molecule has 2 aliphatic heterocycles. The van der Waals surface area contributed by atoms with E-state index in [1.54, 1.807) is 0 Å². The maximum absolute atomic E-state index is 4.76. The average Bonchev–Trinajstić information content (AvgIpc) is 2.47. The summed E-state index contributed by atoms with van der Waals surface area (Å²) in [6, 6.07) is 0. The summed E-state index contributed by atoms with van der Waals surface area (Å²) in [6.07, 6.45) is 9.52. The summed E-state index contributed by atoms with van der Waals surface area (Å²) in [5.41, 5.74) is 1.37. The van der Waals surface area contributed by atoms with E-state index in [2.05, 4.69) is 53.4 Å². The maximum Gasteiger partial charge on any atom is 0.134 e. The highest BCUT2D eigenvalue weighted by Crippen LogP contribution is 2.14. The van der Waals surface area contributed by atoms with Crippen molar-refractivity contribution in [2.75, 3.05) is 33.2 Å². The van der Waals surface area contributed by atoms with Crippen LogP contribution in [0.1, 0.15) is 20.3 Å². The summed E-state index contributed by atoms with van der Waals surface area (Å²) in [5.74, 6) is 2.08.